The molecule has 1 heterocycles. The predicted molar refractivity (Wildman–Crippen MR) is 64.2 cm³/mol. The van der Waals surface area contributed by atoms with Crippen LogP contribution in [0.1, 0.15) is 16.1 Å². The zero-order chi connectivity index (χ0) is 11.4. The lowest BCUT2D eigenvalue weighted by Crippen LogP contribution is -2.04. The second-order valence-corrected chi connectivity index (χ2v) is 4.22. The Labute approximate surface area is 102 Å². The summed E-state index contributed by atoms with van der Waals surface area (Å²) >= 11 is 3.33. The summed E-state index contributed by atoms with van der Waals surface area (Å²) in [5, 5.41) is 0. The largest absolute Gasteiger partial charge is 0.294 e. The third-order valence-electron chi connectivity index (χ3n) is 2.15. The van der Waals surface area contributed by atoms with Gasteiger partial charge in [-0.25, -0.2) is 9.97 Å². The lowest BCUT2D eigenvalue weighted by Gasteiger charge is -2.00. The molecule has 1 aromatic heterocycles. The maximum atomic E-state index is 11.8. The van der Waals surface area contributed by atoms with Crippen molar-refractivity contribution in [3.05, 3.63) is 58.6 Å². The topological polar surface area (TPSA) is 42.9 Å². The lowest BCUT2D eigenvalue weighted by atomic mass is 10.1. The standard InChI is InChI=1S/C12H9BrN2O/c13-10-3-1-9(2-4-10)12(16)7-11-5-6-14-8-15-11/h1-6,8H,7H2. The van der Waals surface area contributed by atoms with E-state index in [0.717, 1.165) is 10.2 Å². The molecule has 0 saturated heterocycles. The highest BCUT2D eigenvalue weighted by molar-refractivity contribution is 9.10. The molecule has 2 aromatic rings. The van der Waals surface area contributed by atoms with Gasteiger partial charge in [-0.15, -0.1) is 0 Å². The van der Waals surface area contributed by atoms with Crippen LogP contribution in [0.3, 0.4) is 0 Å². The van der Waals surface area contributed by atoms with Gasteiger partial charge in [0.05, 0.1) is 12.1 Å². The molecule has 80 valence electrons. The SMILES string of the molecule is O=C(Cc1ccncn1)c1ccc(Br)cc1. The number of benzene rings is 1. The maximum Gasteiger partial charge on any atom is 0.168 e. The van der Waals surface area contributed by atoms with Crippen LogP contribution >= 0.6 is 15.9 Å². The van der Waals surface area contributed by atoms with Gasteiger partial charge in [0, 0.05) is 16.2 Å². The average molecular weight is 277 g/mol. The molecule has 0 spiro atoms. The van der Waals surface area contributed by atoms with E-state index >= 15 is 0 Å². The molecule has 0 atom stereocenters. The van der Waals surface area contributed by atoms with Gasteiger partial charge in [0.2, 0.25) is 0 Å². The number of hydrogen-bond acceptors (Lipinski definition) is 3. The fraction of sp³-hybridized carbons (Fsp3) is 0.0833. The van der Waals surface area contributed by atoms with Crippen molar-refractivity contribution in [2.75, 3.05) is 0 Å². The molecule has 2 rings (SSSR count). The van der Waals surface area contributed by atoms with Crippen molar-refractivity contribution in [2.45, 2.75) is 6.42 Å². The first kappa shape index (κ1) is 11.0. The zero-order valence-electron chi connectivity index (χ0n) is 8.43. The number of carbonyl (C=O) groups excluding carboxylic acids is 1. The molecule has 0 amide bonds. The molecule has 0 aliphatic heterocycles. The third kappa shape index (κ3) is 2.73. The first-order valence-electron chi connectivity index (χ1n) is 4.79. The summed E-state index contributed by atoms with van der Waals surface area (Å²) in [6.45, 7) is 0. The molecule has 16 heavy (non-hydrogen) atoms. The minimum atomic E-state index is 0.0613. The van der Waals surface area contributed by atoms with E-state index in [1.807, 2.05) is 12.1 Å². The van der Waals surface area contributed by atoms with Crippen LogP contribution in [0.15, 0.2) is 47.3 Å². The molecule has 3 nitrogen and oxygen atoms in total. The summed E-state index contributed by atoms with van der Waals surface area (Å²) < 4.78 is 0.964. The van der Waals surface area contributed by atoms with Crippen molar-refractivity contribution in [1.29, 1.82) is 0 Å². The van der Waals surface area contributed by atoms with Gasteiger partial charge >= 0.3 is 0 Å². The minimum absolute atomic E-state index is 0.0613. The van der Waals surface area contributed by atoms with E-state index in [2.05, 4.69) is 25.9 Å². The highest BCUT2D eigenvalue weighted by atomic mass is 79.9. The van der Waals surface area contributed by atoms with Gasteiger partial charge in [-0.05, 0) is 18.2 Å². The third-order valence-corrected chi connectivity index (χ3v) is 2.68. The summed E-state index contributed by atoms with van der Waals surface area (Å²) in [6.07, 6.45) is 3.39. The summed E-state index contributed by atoms with van der Waals surface area (Å²) in [5.41, 5.74) is 1.43. The Bertz CT molecular complexity index is 482. The fourth-order valence-corrected chi connectivity index (χ4v) is 1.59. The van der Waals surface area contributed by atoms with Gasteiger partial charge in [0.25, 0.3) is 0 Å². The Morgan fingerprint density at radius 1 is 1.19 bits per heavy atom. The molecule has 0 fully saturated rings. The number of Topliss-reactive ketones (excluding diaryl/α,β-unsaturated/α-hetero) is 1. The van der Waals surface area contributed by atoms with E-state index in [1.165, 1.54) is 6.33 Å². The van der Waals surface area contributed by atoms with Crippen LogP contribution in [0.2, 0.25) is 0 Å². The molecule has 1 aromatic carbocycles. The van der Waals surface area contributed by atoms with Crippen LogP contribution in [-0.4, -0.2) is 15.8 Å². The van der Waals surface area contributed by atoms with Crippen LogP contribution in [0.5, 0.6) is 0 Å². The molecule has 0 aliphatic rings. The molecule has 0 unspecified atom stereocenters. The van der Waals surface area contributed by atoms with Crippen molar-refractivity contribution in [3.63, 3.8) is 0 Å². The number of hydrogen-bond donors (Lipinski definition) is 0. The molecule has 0 saturated carbocycles. The van der Waals surface area contributed by atoms with Gasteiger partial charge in [0.15, 0.2) is 5.78 Å². The number of rotatable bonds is 3. The fourth-order valence-electron chi connectivity index (χ4n) is 1.32. The maximum absolute atomic E-state index is 11.8. The van der Waals surface area contributed by atoms with E-state index in [1.54, 1.807) is 24.4 Å². The summed E-state index contributed by atoms with van der Waals surface area (Å²) in [4.78, 5) is 19.7. The van der Waals surface area contributed by atoms with Crippen molar-refractivity contribution in [2.24, 2.45) is 0 Å². The highest BCUT2D eigenvalue weighted by Gasteiger charge is 2.07. The first-order valence-corrected chi connectivity index (χ1v) is 5.58. The van der Waals surface area contributed by atoms with Gasteiger partial charge < -0.3 is 0 Å². The second kappa shape index (κ2) is 4.99. The van der Waals surface area contributed by atoms with Crippen LogP contribution in [0, 0.1) is 0 Å². The molecule has 0 N–H and O–H groups in total. The summed E-state index contributed by atoms with van der Waals surface area (Å²) in [6, 6.07) is 9.05. The lowest BCUT2D eigenvalue weighted by molar-refractivity contribution is 0.0992. The number of carbonyl (C=O) groups is 1. The minimum Gasteiger partial charge on any atom is -0.294 e. The summed E-state index contributed by atoms with van der Waals surface area (Å²) in [5.74, 6) is 0.0613. The number of aromatic nitrogens is 2. The number of nitrogens with zero attached hydrogens (tertiary/aromatic N) is 2. The van der Waals surface area contributed by atoms with Crippen LogP contribution in [0.25, 0.3) is 0 Å². The monoisotopic (exact) mass is 276 g/mol. The quantitative estimate of drug-likeness (QED) is 0.810. The van der Waals surface area contributed by atoms with Crippen molar-refractivity contribution in [3.8, 4) is 0 Å². The Morgan fingerprint density at radius 2 is 1.94 bits per heavy atom. The zero-order valence-corrected chi connectivity index (χ0v) is 10.0. The van der Waals surface area contributed by atoms with Crippen molar-refractivity contribution in [1.82, 2.24) is 9.97 Å². The van der Waals surface area contributed by atoms with Gasteiger partial charge in [-0.3, -0.25) is 4.79 Å². The van der Waals surface area contributed by atoms with Crippen LogP contribution in [0.4, 0.5) is 0 Å². The van der Waals surface area contributed by atoms with E-state index in [-0.39, 0.29) is 5.78 Å². The molecule has 4 heteroatoms. The number of ketones is 1. The van der Waals surface area contributed by atoms with E-state index in [0.29, 0.717) is 12.0 Å². The van der Waals surface area contributed by atoms with E-state index in [4.69, 9.17) is 0 Å². The summed E-state index contributed by atoms with van der Waals surface area (Å²) in [7, 11) is 0. The molecular weight excluding hydrogens is 268 g/mol. The predicted octanol–water partition coefficient (Wildman–Crippen LogP) is 2.66. The van der Waals surface area contributed by atoms with Crippen molar-refractivity contribution < 1.29 is 4.79 Å². The highest BCUT2D eigenvalue weighted by Crippen LogP contribution is 2.12. The smallest absolute Gasteiger partial charge is 0.168 e. The van der Waals surface area contributed by atoms with Gasteiger partial charge in [0.1, 0.15) is 6.33 Å². The van der Waals surface area contributed by atoms with Gasteiger partial charge in [-0.1, -0.05) is 28.1 Å². The first-order chi connectivity index (χ1) is 7.75. The van der Waals surface area contributed by atoms with E-state index < -0.39 is 0 Å². The second-order valence-electron chi connectivity index (χ2n) is 3.31. The normalized spacial score (nSPS) is 10.1. The molecular formula is C12H9BrN2O. The Kier molecular flexibility index (Phi) is 3.41. The number of halogens is 1. The van der Waals surface area contributed by atoms with Crippen LogP contribution < -0.4 is 0 Å². The average Bonchev–Trinajstić information content (AvgIpc) is 2.31. The molecule has 0 aliphatic carbocycles. The Balaban J connectivity index is 2.12. The van der Waals surface area contributed by atoms with Crippen LogP contribution in [-0.2, 0) is 6.42 Å². The van der Waals surface area contributed by atoms with E-state index in [9.17, 15) is 4.79 Å². The molecule has 0 bridgehead atoms. The van der Waals surface area contributed by atoms with Gasteiger partial charge in [-0.2, -0.15) is 0 Å². The Morgan fingerprint density at radius 3 is 2.56 bits per heavy atom. The molecule has 0 radical (unpaired) electrons. The van der Waals surface area contributed by atoms with Crippen molar-refractivity contribution >= 4 is 21.7 Å². The Hall–Kier alpha value is -1.55.